The van der Waals surface area contributed by atoms with Crippen molar-refractivity contribution < 1.29 is 14.3 Å². The Hall–Kier alpha value is -1.88. The van der Waals surface area contributed by atoms with Gasteiger partial charge in [0, 0.05) is 24.9 Å². The van der Waals surface area contributed by atoms with E-state index >= 15 is 0 Å². The molecule has 2 amide bonds. The van der Waals surface area contributed by atoms with E-state index in [4.69, 9.17) is 10.5 Å². The van der Waals surface area contributed by atoms with Gasteiger partial charge in [0.1, 0.15) is 5.75 Å². The summed E-state index contributed by atoms with van der Waals surface area (Å²) in [5.74, 6) is 0.254. The number of carbonyl (C=O) groups excluding carboxylic acids is 2. The second-order valence-corrected chi connectivity index (χ2v) is 4.83. The Bertz CT molecular complexity index is 484. The Morgan fingerprint density at radius 2 is 2.00 bits per heavy atom. The third kappa shape index (κ3) is 2.76. The smallest absolute Gasteiger partial charge is 0.232 e. The van der Waals surface area contributed by atoms with Crippen molar-refractivity contribution in [2.45, 2.75) is 19.4 Å². The van der Waals surface area contributed by atoms with Crippen LogP contribution in [0.2, 0.25) is 0 Å². The minimum absolute atomic E-state index is 0.131. The molecule has 2 rings (SSSR count). The average Bonchev–Trinajstić information content (AvgIpc) is 2.65. The molecule has 0 spiro atoms. The van der Waals surface area contributed by atoms with E-state index in [9.17, 15) is 9.59 Å². The Morgan fingerprint density at radius 1 is 1.37 bits per heavy atom. The lowest BCUT2D eigenvalue weighted by Crippen LogP contribution is -2.36. The van der Waals surface area contributed by atoms with Crippen molar-refractivity contribution in [1.29, 1.82) is 0 Å². The largest absolute Gasteiger partial charge is 0.497 e. The summed E-state index contributed by atoms with van der Waals surface area (Å²) in [5.41, 5.74) is 6.93. The van der Waals surface area contributed by atoms with Gasteiger partial charge < -0.3 is 10.5 Å². The minimum atomic E-state index is -0.371. The van der Waals surface area contributed by atoms with Gasteiger partial charge in [-0.05, 0) is 17.7 Å². The number of imide groups is 1. The maximum Gasteiger partial charge on any atom is 0.232 e. The first-order valence-corrected chi connectivity index (χ1v) is 6.26. The molecule has 5 nitrogen and oxygen atoms in total. The predicted octanol–water partition coefficient (Wildman–Crippen LogP) is 1.09. The van der Waals surface area contributed by atoms with Gasteiger partial charge in [0.2, 0.25) is 11.8 Å². The first-order valence-electron chi connectivity index (χ1n) is 6.26. The molecule has 0 aliphatic carbocycles. The lowest BCUT2D eigenvalue weighted by molar-refractivity contribution is -0.139. The number of ether oxygens (including phenoxy) is 1. The zero-order chi connectivity index (χ0) is 14.0. The first kappa shape index (κ1) is 13.5. The number of rotatable bonds is 4. The fourth-order valence-corrected chi connectivity index (χ4v) is 2.19. The predicted molar refractivity (Wildman–Crippen MR) is 70.4 cm³/mol. The van der Waals surface area contributed by atoms with E-state index in [-0.39, 0.29) is 36.7 Å². The number of nitrogens with zero attached hydrogens (tertiary/aromatic N) is 1. The van der Waals surface area contributed by atoms with Crippen LogP contribution < -0.4 is 10.5 Å². The topological polar surface area (TPSA) is 72.6 Å². The van der Waals surface area contributed by atoms with Crippen LogP contribution in [0.1, 0.15) is 24.9 Å². The van der Waals surface area contributed by atoms with Gasteiger partial charge in [0.25, 0.3) is 0 Å². The van der Waals surface area contributed by atoms with Gasteiger partial charge in [-0.15, -0.1) is 0 Å². The Morgan fingerprint density at radius 3 is 2.47 bits per heavy atom. The molecule has 0 saturated carbocycles. The molecule has 1 aromatic carbocycles. The number of likely N-dealkylation sites (tertiary alicyclic amines) is 1. The zero-order valence-electron chi connectivity index (χ0n) is 11.1. The molecule has 1 saturated heterocycles. The van der Waals surface area contributed by atoms with Crippen LogP contribution in [0.5, 0.6) is 5.75 Å². The summed E-state index contributed by atoms with van der Waals surface area (Å²) in [4.78, 5) is 24.8. The van der Waals surface area contributed by atoms with E-state index < -0.39 is 0 Å². The summed E-state index contributed by atoms with van der Waals surface area (Å²) in [7, 11) is 1.60. The number of hydrogen-bond acceptors (Lipinski definition) is 4. The lowest BCUT2D eigenvalue weighted by Gasteiger charge is -2.20. The van der Waals surface area contributed by atoms with Crippen molar-refractivity contribution in [3.8, 4) is 5.75 Å². The van der Waals surface area contributed by atoms with Gasteiger partial charge in [-0.2, -0.15) is 0 Å². The van der Waals surface area contributed by atoms with E-state index in [1.807, 2.05) is 24.3 Å². The van der Waals surface area contributed by atoms with Gasteiger partial charge in [-0.25, -0.2) is 0 Å². The SMILES string of the molecule is COc1ccc(C(N)CN2C(=O)CC(C)C2=O)cc1. The van der Waals surface area contributed by atoms with Crippen molar-refractivity contribution in [2.24, 2.45) is 11.7 Å². The lowest BCUT2D eigenvalue weighted by atomic mass is 10.1. The van der Waals surface area contributed by atoms with Crippen molar-refractivity contribution in [1.82, 2.24) is 4.90 Å². The van der Waals surface area contributed by atoms with Crippen LogP contribution in [0.15, 0.2) is 24.3 Å². The maximum atomic E-state index is 11.8. The van der Waals surface area contributed by atoms with Gasteiger partial charge in [-0.1, -0.05) is 19.1 Å². The van der Waals surface area contributed by atoms with Crippen molar-refractivity contribution in [2.75, 3.05) is 13.7 Å². The monoisotopic (exact) mass is 262 g/mol. The molecule has 0 radical (unpaired) electrons. The van der Waals surface area contributed by atoms with Crippen LogP contribution in [0.25, 0.3) is 0 Å². The van der Waals surface area contributed by atoms with Gasteiger partial charge in [0.05, 0.1) is 7.11 Å². The fraction of sp³-hybridized carbons (Fsp3) is 0.429. The molecule has 2 unspecified atom stereocenters. The molecule has 102 valence electrons. The van der Waals surface area contributed by atoms with E-state index in [1.165, 1.54) is 4.90 Å². The summed E-state index contributed by atoms with van der Waals surface area (Å²) in [6.07, 6.45) is 0.286. The highest BCUT2D eigenvalue weighted by molar-refractivity contribution is 6.03. The van der Waals surface area contributed by atoms with Crippen molar-refractivity contribution >= 4 is 11.8 Å². The summed E-state index contributed by atoms with van der Waals surface area (Å²) in [6.45, 7) is 1.99. The highest BCUT2D eigenvalue weighted by Gasteiger charge is 2.36. The number of amides is 2. The molecular formula is C14H18N2O3. The quantitative estimate of drug-likeness (QED) is 0.824. The van der Waals surface area contributed by atoms with Crippen LogP contribution in [0, 0.1) is 5.92 Å². The number of benzene rings is 1. The summed E-state index contributed by atoms with van der Waals surface area (Å²) < 4.78 is 5.07. The molecular weight excluding hydrogens is 244 g/mol. The van der Waals surface area contributed by atoms with Gasteiger partial charge >= 0.3 is 0 Å². The van der Waals surface area contributed by atoms with Gasteiger partial charge in [0.15, 0.2) is 0 Å². The third-order valence-electron chi connectivity index (χ3n) is 3.39. The second kappa shape index (κ2) is 5.40. The van der Waals surface area contributed by atoms with E-state index in [1.54, 1.807) is 14.0 Å². The minimum Gasteiger partial charge on any atom is -0.497 e. The van der Waals surface area contributed by atoms with Crippen LogP contribution in [-0.4, -0.2) is 30.4 Å². The average molecular weight is 262 g/mol. The summed E-state index contributed by atoms with van der Waals surface area (Å²) in [6, 6.07) is 6.94. The standard InChI is InChI=1S/C14H18N2O3/c1-9-7-13(17)16(14(9)18)8-12(15)10-3-5-11(19-2)6-4-10/h3-6,9,12H,7-8,15H2,1-2H3. The summed E-state index contributed by atoms with van der Waals surface area (Å²) in [5, 5.41) is 0. The molecule has 2 N–H and O–H groups in total. The third-order valence-corrected chi connectivity index (χ3v) is 3.39. The number of nitrogens with two attached hydrogens (primary N) is 1. The number of methoxy groups -OCH3 is 1. The molecule has 5 heteroatoms. The molecule has 1 aliphatic heterocycles. The van der Waals surface area contributed by atoms with Crippen molar-refractivity contribution in [3.63, 3.8) is 0 Å². The first-order chi connectivity index (χ1) is 9.02. The van der Waals surface area contributed by atoms with E-state index in [0.29, 0.717) is 0 Å². The highest BCUT2D eigenvalue weighted by Crippen LogP contribution is 2.22. The molecule has 0 bridgehead atoms. The zero-order valence-corrected chi connectivity index (χ0v) is 11.1. The molecule has 1 heterocycles. The van der Waals surface area contributed by atoms with Crippen LogP contribution in [-0.2, 0) is 9.59 Å². The number of carbonyl (C=O) groups is 2. The van der Waals surface area contributed by atoms with Crippen LogP contribution >= 0.6 is 0 Å². The normalized spacial score (nSPS) is 20.8. The van der Waals surface area contributed by atoms with Crippen molar-refractivity contribution in [3.05, 3.63) is 29.8 Å². The second-order valence-electron chi connectivity index (χ2n) is 4.83. The molecule has 1 aromatic rings. The molecule has 1 aliphatic rings. The Kier molecular flexibility index (Phi) is 3.85. The fourth-order valence-electron chi connectivity index (χ4n) is 2.19. The Balaban J connectivity index is 2.06. The Labute approximate surface area is 112 Å². The molecule has 19 heavy (non-hydrogen) atoms. The van der Waals surface area contributed by atoms with Crippen LogP contribution in [0.3, 0.4) is 0 Å². The number of hydrogen-bond donors (Lipinski definition) is 1. The molecule has 0 aromatic heterocycles. The van der Waals surface area contributed by atoms with Gasteiger partial charge in [-0.3, -0.25) is 14.5 Å². The maximum absolute atomic E-state index is 11.8. The van der Waals surface area contributed by atoms with E-state index in [2.05, 4.69) is 0 Å². The molecule has 1 fully saturated rings. The highest BCUT2D eigenvalue weighted by atomic mass is 16.5. The van der Waals surface area contributed by atoms with E-state index in [0.717, 1.165) is 11.3 Å². The summed E-state index contributed by atoms with van der Waals surface area (Å²) >= 11 is 0. The molecule has 2 atom stereocenters. The van der Waals surface area contributed by atoms with Crippen LogP contribution in [0.4, 0.5) is 0 Å².